The molecule has 1 heterocycles. The largest absolute Gasteiger partial charge is 0.459 e. The number of benzene rings is 1. The van der Waals surface area contributed by atoms with Crippen molar-refractivity contribution in [3.05, 3.63) is 34.0 Å². The van der Waals surface area contributed by atoms with Crippen molar-refractivity contribution >= 4 is 26.9 Å². The molecule has 1 N–H and O–H groups in total. The molecule has 1 aromatic heterocycles. The summed E-state index contributed by atoms with van der Waals surface area (Å²) in [6.07, 6.45) is 1.06. The van der Waals surface area contributed by atoms with Gasteiger partial charge >= 0.3 is 0 Å². The minimum absolute atomic E-state index is 0.624. The molecule has 0 spiro atoms. The van der Waals surface area contributed by atoms with Crippen LogP contribution in [-0.4, -0.2) is 6.54 Å². The van der Waals surface area contributed by atoms with Crippen molar-refractivity contribution in [1.82, 2.24) is 5.32 Å². The van der Waals surface area contributed by atoms with Crippen LogP contribution in [0.5, 0.6) is 0 Å². The lowest BCUT2D eigenvalue weighted by atomic mass is 10.00. The van der Waals surface area contributed by atoms with Crippen LogP contribution in [0.2, 0.25) is 0 Å². The van der Waals surface area contributed by atoms with Gasteiger partial charge in [-0.05, 0) is 43.0 Å². The van der Waals surface area contributed by atoms with Gasteiger partial charge in [-0.2, -0.15) is 0 Å². The summed E-state index contributed by atoms with van der Waals surface area (Å²) < 4.78 is 7.16. The Balaban J connectivity index is 2.31. The molecular weight excluding hydrogens is 314 g/mol. The molecule has 0 saturated heterocycles. The molecular formula is C17H24BrNO. The molecule has 2 aromatic rings. The van der Waals surface area contributed by atoms with Gasteiger partial charge in [0.2, 0.25) is 0 Å². The van der Waals surface area contributed by atoms with Gasteiger partial charge in [0.05, 0.1) is 6.54 Å². The van der Waals surface area contributed by atoms with Crippen LogP contribution in [0, 0.1) is 11.8 Å². The van der Waals surface area contributed by atoms with E-state index in [0.29, 0.717) is 11.8 Å². The molecule has 0 saturated carbocycles. The highest BCUT2D eigenvalue weighted by Crippen LogP contribution is 2.30. The zero-order chi connectivity index (χ0) is 14.7. The van der Waals surface area contributed by atoms with Gasteiger partial charge in [-0.1, -0.05) is 43.6 Å². The Bertz CT molecular complexity index is 572. The smallest absolute Gasteiger partial charge is 0.134 e. The first-order chi connectivity index (χ1) is 9.47. The average Bonchev–Trinajstić information content (AvgIpc) is 2.66. The Morgan fingerprint density at radius 1 is 1.15 bits per heavy atom. The summed E-state index contributed by atoms with van der Waals surface area (Å²) in [6.45, 7) is 10.8. The third-order valence-electron chi connectivity index (χ3n) is 3.29. The number of rotatable bonds is 6. The van der Waals surface area contributed by atoms with Crippen molar-refractivity contribution in [3.63, 3.8) is 0 Å². The van der Waals surface area contributed by atoms with E-state index in [0.717, 1.165) is 35.3 Å². The Labute approximate surface area is 130 Å². The normalized spacial score (nSPS) is 11.9. The number of furan rings is 1. The van der Waals surface area contributed by atoms with Crippen LogP contribution in [0.1, 0.15) is 39.0 Å². The third-order valence-corrected chi connectivity index (χ3v) is 3.78. The van der Waals surface area contributed by atoms with Crippen LogP contribution in [-0.2, 0) is 13.0 Å². The van der Waals surface area contributed by atoms with E-state index in [9.17, 15) is 0 Å². The Kier molecular flexibility index (Phi) is 5.28. The monoisotopic (exact) mass is 337 g/mol. The highest BCUT2D eigenvalue weighted by molar-refractivity contribution is 9.10. The SMILES string of the molecule is CC(C)CNCc1oc2ccc(Br)cc2c1CC(C)C. The van der Waals surface area contributed by atoms with Gasteiger partial charge in [-0.25, -0.2) is 0 Å². The summed E-state index contributed by atoms with van der Waals surface area (Å²) >= 11 is 3.56. The molecule has 110 valence electrons. The molecule has 20 heavy (non-hydrogen) atoms. The second-order valence-electron chi connectivity index (χ2n) is 6.27. The second kappa shape index (κ2) is 6.77. The Hall–Kier alpha value is -0.800. The van der Waals surface area contributed by atoms with E-state index in [1.165, 1.54) is 10.9 Å². The van der Waals surface area contributed by atoms with E-state index in [2.05, 4.69) is 61.1 Å². The lowest BCUT2D eigenvalue weighted by Crippen LogP contribution is -2.19. The number of hydrogen-bond acceptors (Lipinski definition) is 2. The molecule has 0 fully saturated rings. The molecule has 0 radical (unpaired) electrons. The minimum atomic E-state index is 0.624. The molecule has 0 bridgehead atoms. The van der Waals surface area contributed by atoms with Crippen molar-refractivity contribution in [1.29, 1.82) is 0 Å². The number of fused-ring (bicyclic) bond motifs is 1. The van der Waals surface area contributed by atoms with Gasteiger partial charge in [0, 0.05) is 15.4 Å². The van der Waals surface area contributed by atoms with Gasteiger partial charge < -0.3 is 9.73 Å². The summed E-state index contributed by atoms with van der Waals surface area (Å²) in [5, 5.41) is 4.73. The topological polar surface area (TPSA) is 25.2 Å². The molecule has 0 aliphatic heterocycles. The first-order valence-corrected chi connectivity index (χ1v) is 8.17. The standard InChI is InChI=1S/C17H24BrNO/c1-11(2)7-14-15-8-13(18)5-6-16(15)20-17(14)10-19-9-12(3)4/h5-6,8,11-12,19H,7,9-10H2,1-4H3. The van der Waals surface area contributed by atoms with E-state index in [-0.39, 0.29) is 0 Å². The van der Waals surface area contributed by atoms with Crippen LogP contribution in [0.4, 0.5) is 0 Å². The molecule has 3 heteroatoms. The minimum Gasteiger partial charge on any atom is -0.459 e. The maximum atomic E-state index is 6.05. The van der Waals surface area contributed by atoms with Crippen LogP contribution in [0.3, 0.4) is 0 Å². The summed E-state index contributed by atoms with van der Waals surface area (Å²) in [6, 6.07) is 6.26. The lowest BCUT2D eigenvalue weighted by molar-refractivity contribution is 0.476. The maximum absolute atomic E-state index is 6.05. The quantitative estimate of drug-likeness (QED) is 0.789. The zero-order valence-corrected chi connectivity index (χ0v) is 14.4. The fourth-order valence-electron chi connectivity index (χ4n) is 2.42. The van der Waals surface area contributed by atoms with E-state index in [1.807, 2.05) is 6.07 Å². The lowest BCUT2D eigenvalue weighted by Gasteiger charge is -2.09. The fourth-order valence-corrected chi connectivity index (χ4v) is 2.78. The van der Waals surface area contributed by atoms with Crippen LogP contribution < -0.4 is 5.32 Å². The van der Waals surface area contributed by atoms with Gasteiger partial charge in [-0.15, -0.1) is 0 Å². The first kappa shape index (κ1) is 15.6. The molecule has 0 atom stereocenters. The van der Waals surface area contributed by atoms with Crippen molar-refractivity contribution in [2.45, 2.75) is 40.7 Å². The van der Waals surface area contributed by atoms with Crippen molar-refractivity contribution < 1.29 is 4.42 Å². The maximum Gasteiger partial charge on any atom is 0.134 e. The van der Waals surface area contributed by atoms with Crippen molar-refractivity contribution in [3.8, 4) is 0 Å². The number of halogens is 1. The zero-order valence-electron chi connectivity index (χ0n) is 12.8. The predicted molar refractivity (Wildman–Crippen MR) is 89.0 cm³/mol. The summed E-state index contributed by atoms with van der Waals surface area (Å²) in [5.41, 5.74) is 2.35. The highest BCUT2D eigenvalue weighted by atomic mass is 79.9. The predicted octanol–water partition coefficient (Wildman–Crippen LogP) is 5.14. The number of hydrogen-bond donors (Lipinski definition) is 1. The Morgan fingerprint density at radius 2 is 1.90 bits per heavy atom. The molecule has 2 rings (SSSR count). The Morgan fingerprint density at radius 3 is 2.55 bits per heavy atom. The number of nitrogens with one attached hydrogen (secondary N) is 1. The molecule has 0 amide bonds. The van der Waals surface area contributed by atoms with E-state index in [1.54, 1.807) is 0 Å². The molecule has 0 aliphatic carbocycles. The van der Waals surface area contributed by atoms with Gasteiger partial charge in [0.1, 0.15) is 11.3 Å². The van der Waals surface area contributed by atoms with Crippen molar-refractivity contribution in [2.24, 2.45) is 11.8 Å². The van der Waals surface area contributed by atoms with Gasteiger partial charge in [0.15, 0.2) is 0 Å². The highest BCUT2D eigenvalue weighted by Gasteiger charge is 2.15. The van der Waals surface area contributed by atoms with E-state index < -0.39 is 0 Å². The fraction of sp³-hybridized carbons (Fsp3) is 0.529. The van der Waals surface area contributed by atoms with Crippen LogP contribution in [0.25, 0.3) is 11.0 Å². The van der Waals surface area contributed by atoms with Crippen LogP contribution >= 0.6 is 15.9 Å². The summed E-state index contributed by atoms with van der Waals surface area (Å²) in [4.78, 5) is 0. The summed E-state index contributed by atoms with van der Waals surface area (Å²) in [5.74, 6) is 2.37. The first-order valence-electron chi connectivity index (χ1n) is 7.38. The third kappa shape index (κ3) is 3.86. The second-order valence-corrected chi connectivity index (χ2v) is 7.18. The average molecular weight is 338 g/mol. The van der Waals surface area contributed by atoms with Crippen molar-refractivity contribution in [2.75, 3.05) is 6.54 Å². The van der Waals surface area contributed by atoms with E-state index >= 15 is 0 Å². The summed E-state index contributed by atoms with van der Waals surface area (Å²) in [7, 11) is 0. The van der Waals surface area contributed by atoms with Gasteiger partial charge in [-0.3, -0.25) is 0 Å². The van der Waals surface area contributed by atoms with E-state index in [4.69, 9.17) is 4.42 Å². The molecule has 0 unspecified atom stereocenters. The van der Waals surface area contributed by atoms with Crippen LogP contribution in [0.15, 0.2) is 27.1 Å². The van der Waals surface area contributed by atoms with Gasteiger partial charge in [0.25, 0.3) is 0 Å². The molecule has 0 aliphatic rings. The molecule has 2 nitrogen and oxygen atoms in total. The molecule has 1 aromatic carbocycles.